The van der Waals surface area contributed by atoms with Crippen LogP contribution in [0.4, 0.5) is 10.5 Å². The van der Waals surface area contributed by atoms with Gasteiger partial charge in [0.05, 0.1) is 0 Å². The summed E-state index contributed by atoms with van der Waals surface area (Å²) in [4.78, 5) is 27.0. The summed E-state index contributed by atoms with van der Waals surface area (Å²) in [5.74, 6) is -0.504. The van der Waals surface area contributed by atoms with Crippen molar-refractivity contribution >= 4 is 17.6 Å². The third-order valence-electron chi connectivity index (χ3n) is 3.19. The number of hydrogen-bond donors (Lipinski definition) is 2. The lowest BCUT2D eigenvalue weighted by Gasteiger charge is -2.32. The maximum Gasteiger partial charge on any atom is 0.321 e. The highest BCUT2D eigenvalue weighted by atomic mass is 16.2. The second-order valence-electron chi connectivity index (χ2n) is 4.67. The van der Waals surface area contributed by atoms with Crippen LogP contribution in [0.5, 0.6) is 0 Å². The van der Waals surface area contributed by atoms with Gasteiger partial charge in [0.1, 0.15) is 0 Å². The molecule has 102 valence electrons. The van der Waals surface area contributed by atoms with Gasteiger partial charge in [-0.05, 0) is 25.2 Å². The van der Waals surface area contributed by atoms with E-state index in [-0.39, 0.29) is 6.03 Å². The summed E-state index contributed by atoms with van der Waals surface area (Å²) in [7, 11) is 2.03. The minimum absolute atomic E-state index is 0.144. The minimum atomic E-state index is -0.504. The molecule has 3 amide bonds. The first-order chi connectivity index (χ1) is 9.06. The number of nitrogens with zero attached hydrogens (tertiary/aromatic N) is 2. The van der Waals surface area contributed by atoms with Crippen LogP contribution in [0.3, 0.4) is 0 Å². The fourth-order valence-electron chi connectivity index (χ4n) is 1.96. The zero-order valence-corrected chi connectivity index (χ0v) is 10.9. The predicted octanol–water partition coefficient (Wildman–Crippen LogP) is 0.565. The van der Waals surface area contributed by atoms with Gasteiger partial charge in [-0.15, -0.1) is 0 Å². The Hall–Kier alpha value is -2.08. The molecule has 3 N–H and O–H groups in total. The molecular weight excluding hydrogens is 244 g/mol. The number of rotatable bonds is 2. The van der Waals surface area contributed by atoms with Gasteiger partial charge in [0.2, 0.25) is 5.91 Å². The average Bonchev–Trinajstić information content (AvgIpc) is 2.39. The first kappa shape index (κ1) is 13.4. The molecule has 0 radical (unpaired) electrons. The van der Waals surface area contributed by atoms with Gasteiger partial charge in [-0.3, -0.25) is 4.79 Å². The zero-order chi connectivity index (χ0) is 13.8. The Morgan fingerprint density at radius 3 is 2.53 bits per heavy atom. The summed E-state index contributed by atoms with van der Waals surface area (Å²) >= 11 is 0. The van der Waals surface area contributed by atoms with E-state index in [9.17, 15) is 9.59 Å². The number of benzene rings is 1. The molecule has 1 aromatic carbocycles. The molecule has 0 aromatic heterocycles. The van der Waals surface area contributed by atoms with Gasteiger partial charge in [0.15, 0.2) is 0 Å². The lowest BCUT2D eigenvalue weighted by atomic mass is 10.2. The maximum absolute atomic E-state index is 12.0. The van der Waals surface area contributed by atoms with Crippen molar-refractivity contribution in [1.82, 2.24) is 9.80 Å². The summed E-state index contributed by atoms with van der Waals surface area (Å²) in [5.41, 5.74) is 6.17. The second-order valence-corrected chi connectivity index (χ2v) is 4.67. The highest BCUT2D eigenvalue weighted by Crippen LogP contribution is 2.11. The third kappa shape index (κ3) is 3.45. The van der Waals surface area contributed by atoms with Crippen LogP contribution in [-0.4, -0.2) is 55.0 Å². The molecule has 0 spiro atoms. The van der Waals surface area contributed by atoms with E-state index in [0.717, 1.165) is 13.1 Å². The first-order valence-corrected chi connectivity index (χ1v) is 6.20. The van der Waals surface area contributed by atoms with Crippen molar-refractivity contribution in [3.63, 3.8) is 0 Å². The monoisotopic (exact) mass is 262 g/mol. The third-order valence-corrected chi connectivity index (χ3v) is 3.19. The number of likely N-dealkylation sites (N-methyl/N-ethyl adjacent to an activating group) is 1. The number of hydrogen-bond acceptors (Lipinski definition) is 3. The van der Waals surface area contributed by atoms with Gasteiger partial charge in [-0.1, -0.05) is 6.07 Å². The Morgan fingerprint density at radius 2 is 1.89 bits per heavy atom. The van der Waals surface area contributed by atoms with E-state index in [1.54, 1.807) is 29.2 Å². The van der Waals surface area contributed by atoms with Crippen LogP contribution >= 0.6 is 0 Å². The number of carbonyl (C=O) groups is 2. The van der Waals surface area contributed by atoms with Crippen molar-refractivity contribution in [2.45, 2.75) is 0 Å². The molecule has 1 heterocycles. The molecule has 19 heavy (non-hydrogen) atoms. The van der Waals surface area contributed by atoms with Crippen LogP contribution < -0.4 is 11.1 Å². The van der Waals surface area contributed by atoms with E-state index < -0.39 is 5.91 Å². The van der Waals surface area contributed by atoms with Gasteiger partial charge in [-0.25, -0.2) is 4.79 Å². The molecule has 0 bridgehead atoms. The van der Waals surface area contributed by atoms with Crippen molar-refractivity contribution in [3.05, 3.63) is 29.8 Å². The molecule has 2 rings (SSSR count). The van der Waals surface area contributed by atoms with Crippen LogP contribution in [0, 0.1) is 0 Å². The summed E-state index contributed by atoms with van der Waals surface area (Å²) in [6.07, 6.45) is 0. The second kappa shape index (κ2) is 5.71. The molecular formula is C13H18N4O2. The SMILES string of the molecule is CN1CCN(C(=O)Nc2cccc(C(N)=O)c2)CC1. The minimum Gasteiger partial charge on any atom is -0.366 e. The Balaban J connectivity index is 1.98. The lowest BCUT2D eigenvalue weighted by molar-refractivity contribution is 0.1000. The van der Waals surface area contributed by atoms with Crippen LogP contribution in [0.25, 0.3) is 0 Å². The van der Waals surface area contributed by atoms with Crippen LogP contribution in [0.1, 0.15) is 10.4 Å². The topological polar surface area (TPSA) is 78.7 Å². The maximum atomic E-state index is 12.0. The fraction of sp³-hybridized carbons (Fsp3) is 0.385. The van der Waals surface area contributed by atoms with Crippen molar-refractivity contribution in [2.24, 2.45) is 5.73 Å². The number of anilines is 1. The summed E-state index contributed by atoms with van der Waals surface area (Å²) in [5, 5.41) is 2.78. The van der Waals surface area contributed by atoms with Gasteiger partial charge < -0.3 is 20.9 Å². The largest absolute Gasteiger partial charge is 0.366 e. The first-order valence-electron chi connectivity index (χ1n) is 6.20. The normalized spacial score (nSPS) is 16.2. The predicted molar refractivity (Wildman–Crippen MR) is 73.0 cm³/mol. The van der Waals surface area contributed by atoms with Crippen molar-refractivity contribution in [2.75, 3.05) is 38.5 Å². The molecule has 1 fully saturated rings. The van der Waals surface area contributed by atoms with Crippen LogP contribution in [0.15, 0.2) is 24.3 Å². The van der Waals surface area contributed by atoms with E-state index in [0.29, 0.717) is 24.3 Å². The van der Waals surface area contributed by atoms with Gasteiger partial charge in [-0.2, -0.15) is 0 Å². The van der Waals surface area contributed by atoms with Crippen LogP contribution in [0.2, 0.25) is 0 Å². The molecule has 1 aliphatic heterocycles. The number of urea groups is 1. The highest BCUT2D eigenvalue weighted by Gasteiger charge is 2.18. The van der Waals surface area contributed by atoms with Crippen molar-refractivity contribution in [1.29, 1.82) is 0 Å². The van der Waals surface area contributed by atoms with Crippen molar-refractivity contribution < 1.29 is 9.59 Å². The summed E-state index contributed by atoms with van der Waals surface area (Å²) < 4.78 is 0. The number of nitrogens with two attached hydrogens (primary N) is 1. The van der Waals surface area contributed by atoms with Gasteiger partial charge >= 0.3 is 6.03 Å². The van der Waals surface area contributed by atoms with E-state index in [1.165, 1.54) is 0 Å². The Bertz CT molecular complexity index is 481. The molecule has 6 heteroatoms. The van der Waals surface area contributed by atoms with E-state index in [2.05, 4.69) is 10.2 Å². The standard InChI is InChI=1S/C13H18N4O2/c1-16-5-7-17(8-6-16)13(19)15-11-4-2-3-10(9-11)12(14)18/h2-4,9H,5-8H2,1H3,(H2,14,18)(H,15,19). The molecule has 0 unspecified atom stereocenters. The number of primary amides is 1. The molecule has 0 aliphatic carbocycles. The van der Waals surface area contributed by atoms with Gasteiger partial charge in [0, 0.05) is 37.4 Å². The quantitative estimate of drug-likeness (QED) is 0.817. The Labute approximate surface area is 112 Å². The number of carbonyl (C=O) groups excluding carboxylic acids is 2. The Kier molecular flexibility index (Phi) is 4.01. The molecule has 1 aliphatic rings. The molecule has 0 atom stereocenters. The van der Waals surface area contributed by atoms with E-state index in [1.807, 2.05) is 7.05 Å². The lowest BCUT2D eigenvalue weighted by Crippen LogP contribution is -2.48. The summed E-state index contributed by atoms with van der Waals surface area (Å²) in [6, 6.07) is 6.49. The number of amides is 3. The van der Waals surface area contributed by atoms with E-state index in [4.69, 9.17) is 5.73 Å². The number of piperazine rings is 1. The molecule has 1 aromatic rings. The Morgan fingerprint density at radius 1 is 1.21 bits per heavy atom. The zero-order valence-electron chi connectivity index (χ0n) is 10.9. The highest BCUT2D eigenvalue weighted by molar-refractivity contribution is 5.95. The fourth-order valence-corrected chi connectivity index (χ4v) is 1.96. The average molecular weight is 262 g/mol. The summed E-state index contributed by atoms with van der Waals surface area (Å²) in [6.45, 7) is 3.15. The van der Waals surface area contributed by atoms with Crippen LogP contribution in [-0.2, 0) is 0 Å². The molecule has 0 saturated carbocycles. The van der Waals surface area contributed by atoms with E-state index >= 15 is 0 Å². The van der Waals surface area contributed by atoms with Gasteiger partial charge in [0.25, 0.3) is 0 Å². The smallest absolute Gasteiger partial charge is 0.321 e. The molecule has 1 saturated heterocycles. The number of nitrogens with one attached hydrogen (secondary N) is 1. The molecule has 6 nitrogen and oxygen atoms in total. The van der Waals surface area contributed by atoms with Crippen molar-refractivity contribution in [3.8, 4) is 0 Å².